The minimum atomic E-state index is -2.87. The summed E-state index contributed by atoms with van der Waals surface area (Å²) >= 11 is 0. The summed E-state index contributed by atoms with van der Waals surface area (Å²) in [6.07, 6.45) is 0.0457. The van der Waals surface area contributed by atoms with Crippen molar-refractivity contribution in [2.75, 3.05) is 24.6 Å². The van der Waals surface area contributed by atoms with Crippen LogP contribution in [0.5, 0.6) is 5.75 Å². The van der Waals surface area contributed by atoms with E-state index in [0.29, 0.717) is 31.4 Å². The summed E-state index contributed by atoms with van der Waals surface area (Å²) in [5, 5.41) is 9.68. The maximum absolute atomic E-state index is 15.4. The average Bonchev–Trinajstić information content (AvgIpc) is 3.14. The van der Waals surface area contributed by atoms with Gasteiger partial charge in [0.15, 0.2) is 11.6 Å². The van der Waals surface area contributed by atoms with Crippen molar-refractivity contribution in [3.8, 4) is 5.75 Å². The van der Waals surface area contributed by atoms with Gasteiger partial charge in [0.1, 0.15) is 17.9 Å². The Balaban J connectivity index is 1.58. The van der Waals surface area contributed by atoms with E-state index in [2.05, 4.69) is 0 Å². The molecule has 0 radical (unpaired) electrons. The van der Waals surface area contributed by atoms with Crippen LogP contribution >= 0.6 is 0 Å². The molecule has 2 aliphatic heterocycles. The second-order valence-corrected chi connectivity index (χ2v) is 9.16. The molecule has 1 aromatic heterocycles. The number of carbonyl (C=O) groups is 1. The van der Waals surface area contributed by atoms with Crippen LogP contribution in [0.15, 0.2) is 16.9 Å². The van der Waals surface area contributed by atoms with E-state index in [1.54, 1.807) is 11.8 Å². The molecule has 11 heteroatoms. The van der Waals surface area contributed by atoms with Gasteiger partial charge in [-0.2, -0.15) is 8.78 Å². The number of carboxylic acid groups (broad SMARTS) is 1. The van der Waals surface area contributed by atoms with Gasteiger partial charge in [0.05, 0.1) is 17.7 Å². The molecule has 0 spiro atoms. The van der Waals surface area contributed by atoms with Crippen molar-refractivity contribution in [3.05, 3.63) is 33.9 Å². The number of carboxylic acids is 1. The fraction of sp³-hybridized carbons (Fsp3) is 0.545. The Labute approximate surface area is 186 Å². The molecule has 2 aromatic rings. The molecule has 1 aromatic carbocycles. The van der Waals surface area contributed by atoms with E-state index < -0.39 is 41.7 Å². The van der Waals surface area contributed by atoms with Gasteiger partial charge in [-0.05, 0) is 43.7 Å². The standard InChI is InChI=1S/C22H24F3N3O5/c1-9-8-32-19-17-10(3-13(21(30)31)20(29)28(9)17)4-15(23)18(19)27-6-11-2-12(33-22(24)25)5-16(26)14(11)7-27/h3-4,9,11-12,14,16,22H,2,5-8,26H2,1H3,(H,30,31)/t9-,11+,12+,14-,16+/m0/s1. The summed E-state index contributed by atoms with van der Waals surface area (Å²) in [7, 11) is 0. The smallest absolute Gasteiger partial charge is 0.345 e. The number of alkyl halides is 2. The molecule has 3 heterocycles. The van der Waals surface area contributed by atoms with Crippen LogP contribution in [0.4, 0.5) is 18.9 Å². The van der Waals surface area contributed by atoms with Crippen LogP contribution < -0.4 is 20.9 Å². The average molecular weight is 467 g/mol. The number of nitrogens with zero attached hydrogens (tertiary/aromatic N) is 2. The monoisotopic (exact) mass is 467 g/mol. The van der Waals surface area contributed by atoms with Crippen LogP contribution in [-0.4, -0.2) is 54.1 Å². The lowest BCUT2D eigenvalue weighted by Gasteiger charge is -2.35. The third-order valence-corrected chi connectivity index (χ3v) is 7.10. The third kappa shape index (κ3) is 3.54. The van der Waals surface area contributed by atoms with Crippen LogP contribution in [0.25, 0.3) is 10.9 Å². The summed E-state index contributed by atoms with van der Waals surface area (Å²) in [4.78, 5) is 26.2. The topological polar surface area (TPSA) is 107 Å². The van der Waals surface area contributed by atoms with Crippen molar-refractivity contribution >= 4 is 22.6 Å². The summed E-state index contributed by atoms with van der Waals surface area (Å²) in [6.45, 7) is -0.273. The number of rotatable bonds is 4. The highest BCUT2D eigenvalue weighted by atomic mass is 19.3. The van der Waals surface area contributed by atoms with Gasteiger partial charge in [-0.3, -0.25) is 9.36 Å². The number of hydrogen-bond donors (Lipinski definition) is 2. The molecule has 0 amide bonds. The van der Waals surface area contributed by atoms with Crippen LogP contribution in [0.1, 0.15) is 36.2 Å². The lowest BCUT2D eigenvalue weighted by molar-refractivity contribution is -0.176. The number of anilines is 1. The van der Waals surface area contributed by atoms with E-state index in [1.807, 2.05) is 0 Å². The first-order valence-electron chi connectivity index (χ1n) is 10.9. The van der Waals surface area contributed by atoms with Crippen molar-refractivity contribution in [2.45, 2.75) is 44.6 Å². The Morgan fingerprint density at radius 1 is 1.30 bits per heavy atom. The van der Waals surface area contributed by atoms with Gasteiger partial charge in [0.2, 0.25) is 0 Å². The summed E-state index contributed by atoms with van der Waals surface area (Å²) in [5.41, 5.74) is 5.69. The molecule has 3 aliphatic rings. The molecule has 5 atom stereocenters. The highest BCUT2D eigenvalue weighted by Crippen LogP contribution is 2.46. The zero-order chi connectivity index (χ0) is 23.6. The minimum Gasteiger partial charge on any atom is -0.487 e. The number of nitrogens with two attached hydrogens (primary N) is 1. The Hall–Kier alpha value is -2.79. The molecule has 3 N–H and O–H groups in total. The highest BCUT2D eigenvalue weighted by molar-refractivity contribution is 5.97. The molecule has 5 rings (SSSR count). The maximum Gasteiger partial charge on any atom is 0.345 e. The van der Waals surface area contributed by atoms with Gasteiger partial charge in [-0.15, -0.1) is 0 Å². The number of pyridine rings is 1. The zero-order valence-electron chi connectivity index (χ0n) is 17.8. The summed E-state index contributed by atoms with van der Waals surface area (Å²) in [5.74, 6) is -1.89. The number of aromatic nitrogens is 1. The van der Waals surface area contributed by atoms with E-state index >= 15 is 4.39 Å². The number of benzene rings is 1. The molecule has 33 heavy (non-hydrogen) atoms. The summed E-state index contributed by atoms with van der Waals surface area (Å²) in [6, 6.07) is 1.57. The molecule has 1 saturated heterocycles. The SMILES string of the molecule is C[C@H]1COc2c(N3C[C@H]4C[C@@H](OC(F)F)C[C@@H](N)[C@H]4C3)c(F)cc3cc(C(=O)O)c(=O)n1c23. The molecule has 1 saturated carbocycles. The first-order valence-corrected chi connectivity index (χ1v) is 10.9. The van der Waals surface area contributed by atoms with Crippen molar-refractivity contribution in [1.82, 2.24) is 4.57 Å². The molecule has 2 fully saturated rings. The van der Waals surface area contributed by atoms with Gasteiger partial charge in [0.25, 0.3) is 5.56 Å². The molecule has 8 nitrogen and oxygen atoms in total. The second-order valence-electron chi connectivity index (χ2n) is 9.16. The van der Waals surface area contributed by atoms with Crippen molar-refractivity contribution in [2.24, 2.45) is 17.6 Å². The molecular weight excluding hydrogens is 443 g/mol. The molecular formula is C22H24F3N3O5. The lowest BCUT2D eigenvalue weighted by atomic mass is 9.77. The largest absolute Gasteiger partial charge is 0.487 e. The van der Waals surface area contributed by atoms with E-state index in [-0.39, 0.29) is 41.3 Å². The molecule has 178 valence electrons. The van der Waals surface area contributed by atoms with Crippen molar-refractivity contribution < 1.29 is 32.5 Å². The van der Waals surface area contributed by atoms with Gasteiger partial charge >= 0.3 is 12.6 Å². The Kier molecular flexibility index (Phi) is 5.28. The van der Waals surface area contributed by atoms with Crippen molar-refractivity contribution in [1.29, 1.82) is 0 Å². The lowest BCUT2D eigenvalue weighted by Crippen LogP contribution is -2.44. The third-order valence-electron chi connectivity index (χ3n) is 7.10. The van der Waals surface area contributed by atoms with E-state index in [9.17, 15) is 23.5 Å². The number of ether oxygens (including phenoxy) is 2. The van der Waals surface area contributed by atoms with Crippen LogP contribution in [0, 0.1) is 17.7 Å². The first-order chi connectivity index (χ1) is 15.7. The fourth-order valence-corrected chi connectivity index (χ4v) is 5.70. The Bertz CT molecular complexity index is 1190. The van der Waals surface area contributed by atoms with E-state index in [4.69, 9.17) is 15.2 Å². The zero-order valence-corrected chi connectivity index (χ0v) is 17.8. The number of aromatic carboxylic acids is 1. The van der Waals surface area contributed by atoms with Gasteiger partial charge < -0.3 is 25.2 Å². The van der Waals surface area contributed by atoms with Gasteiger partial charge in [0, 0.05) is 24.5 Å². The van der Waals surface area contributed by atoms with E-state index in [0.717, 1.165) is 0 Å². The minimum absolute atomic E-state index is 0.0242. The number of halogens is 3. The fourth-order valence-electron chi connectivity index (χ4n) is 5.70. The first kappa shape index (κ1) is 22.0. The highest BCUT2D eigenvalue weighted by Gasteiger charge is 2.44. The molecule has 1 aliphatic carbocycles. The predicted octanol–water partition coefficient (Wildman–Crippen LogP) is 2.57. The number of fused-ring (bicyclic) bond motifs is 1. The normalized spacial score (nSPS) is 28.8. The predicted molar refractivity (Wildman–Crippen MR) is 113 cm³/mol. The molecule has 0 unspecified atom stereocenters. The molecule has 0 bridgehead atoms. The summed E-state index contributed by atoms with van der Waals surface area (Å²) < 4.78 is 52.8. The van der Waals surface area contributed by atoms with Gasteiger partial charge in [-0.25, -0.2) is 9.18 Å². The second kappa shape index (κ2) is 7.91. The quantitative estimate of drug-likeness (QED) is 0.712. The maximum atomic E-state index is 15.4. The number of hydrogen-bond acceptors (Lipinski definition) is 6. The van der Waals surface area contributed by atoms with E-state index in [1.165, 1.54) is 16.7 Å². The van der Waals surface area contributed by atoms with Gasteiger partial charge in [-0.1, -0.05) is 0 Å². The Morgan fingerprint density at radius 2 is 2.06 bits per heavy atom. The Morgan fingerprint density at radius 3 is 2.76 bits per heavy atom. The van der Waals surface area contributed by atoms with Crippen LogP contribution in [0.3, 0.4) is 0 Å². The van der Waals surface area contributed by atoms with Crippen molar-refractivity contribution in [3.63, 3.8) is 0 Å². The van der Waals surface area contributed by atoms with Crippen LogP contribution in [0.2, 0.25) is 0 Å². The van der Waals surface area contributed by atoms with Crippen LogP contribution in [-0.2, 0) is 4.74 Å².